The van der Waals surface area contributed by atoms with Gasteiger partial charge in [-0.2, -0.15) is 0 Å². The van der Waals surface area contributed by atoms with E-state index in [-0.39, 0.29) is 11.3 Å². The van der Waals surface area contributed by atoms with Crippen LogP contribution in [0.4, 0.5) is 4.39 Å². The first kappa shape index (κ1) is 9.89. The molecule has 2 heteroatoms. The minimum Gasteiger partial charge on any atom is -0.362 e. The molecule has 0 amide bonds. The van der Waals surface area contributed by atoms with Crippen LogP contribution in [0.15, 0.2) is 0 Å². The largest absolute Gasteiger partial charge is 0.362 e. The van der Waals surface area contributed by atoms with Crippen molar-refractivity contribution in [2.24, 2.45) is 11.3 Å². The van der Waals surface area contributed by atoms with Gasteiger partial charge in [-0.3, -0.25) is 0 Å². The van der Waals surface area contributed by atoms with Crippen molar-refractivity contribution in [1.29, 1.82) is 0 Å². The summed E-state index contributed by atoms with van der Waals surface area (Å²) >= 11 is 0. The molecule has 0 saturated carbocycles. The lowest BCUT2D eigenvalue weighted by atomic mass is 9.78. The van der Waals surface area contributed by atoms with Gasteiger partial charge >= 0.3 is 0 Å². The second kappa shape index (κ2) is 2.50. The van der Waals surface area contributed by atoms with Crippen LogP contribution in [-0.2, 0) is 0 Å². The van der Waals surface area contributed by atoms with Gasteiger partial charge in [-0.05, 0) is 12.3 Å². The molecule has 0 aromatic rings. The number of alkyl halides is 1. The molecular weight excluding hydrogens is 131 g/mol. The van der Waals surface area contributed by atoms with Crippen molar-refractivity contribution in [3.8, 4) is 0 Å². The number of aliphatic hydroxyl groups is 1. The van der Waals surface area contributed by atoms with Crippen LogP contribution in [0.2, 0.25) is 0 Å². The summed E-state index contributed by atoms with van der Waals surface area (Å²) in [4.78, 5) is 0. The Kier molecular flexibility index (Phi) is 2.47. The van der Waals surface area contributed by atoms with Crippen LogP contribution < -0.4 is 0 Å². The maximum Gasteiger partial charge on any atom is 0.206 e. The van der Waals surface area contributed by atoms with Crippen LogP contribution in [-0.4, -0.2) is 11.0 Å². The van der Waals surface area contributed by atoms with Crippen molar-refractivity contribution < 1.29 is 9.50 Å². The first-order valence-electron chi connectivity index (χ1n) is 3.57. The van der Waals surface area contributed by atoms with E-state index in [9.17, 15) is 4.39 Å². The molecule has 2 atom stereocenters. The molecule has 0 bridgehead atoms. The average Bonchev–Trinajstić information content (AvgIpc) is 1.59. The van der Waals surface area contributed by atoms with Crippen molar-refractivity contribution in [1.82, 2.24) is 0 Å². The average molecular weight is 148 g/mol. The van der Waals surface area contributed by atoms with E-state index in [1.807, 2.05) is 20.8 Å². The third kappa shape index (κ3) is 2.65. The van der Waals surface area contributed by atoms with Crippen molar-refractivity contribution in [3.05, 3.63) is 0 Å². The number of hydrogen-bond acceptors (Lipinski definition) is 1. The van der Waals surface area contributed by atoms with E-state index in [1.54, 1.807) is 6.92 Å². The topological polar surface area (TPSA) is 20.2 Å². The number of halogens is 1. The molecule has 0 aliphatic rings. The highest BCUT2D eigenvalue weighted by atomic mass is 19.2. The lowest BCUT2D eigenvalue weighted by Crippen LogP contribution is -2.36. The van der Waals surface area contributed by atoms with Gasteiger partial charge in [-0.1, -0.05) is 27.7 Å². The summed E-state index contributed by atoms with van der Waals surface area (Å²) in [6.45, 7) is 8.63. The molecule has 0 aromatic heterocycles. The zero-order valence-corrected chi connectivity index (χ0v) is 7.40. The first-order chi connectivity index (χ1) is 4.15. The molecule has 0 saturated heterocycles. The fourth-order valence-electron chi connectivity index (χ4n) is 0.790. The molecule has 0 heterocycles. The molecule has 0 aromatic carbocycles. The molecule has 0 fully saturated rings. The molecule has 0 aliphatic carbocycles. The van der Waals surface area contributed by atoms with Crippen LogP contribution in [0.25, 0.3) is 0 Å². The minimum absolute atomic E-state index is 0.182. The fraction of sp³-hybridized carbons (Fsp3) is 1.00. The quantitative estimate of drug-likeness (QED) is 0.605. The van der Waals surface area contributed by atoms with Gasteiger partial charge in [0.1, 0.15) is 0 Å². The number of hydrogen-bond donors (Lipinski definition) is 1. The molecule has 10 heavy (non-hydrogen) atoms. The Morgan fingerprint density at radius 2 is 1.50 bits per heavy atom. The second-order valence-electron chi connectivity index (χ2n) is 4.11. The highest BCUT2D eigenvalue weighted by molar-refractivity contribution is 4.78. The van der Waals surface area contributed by atoms with Gasteiger partial charge in [0.2, 0.25) is 5.85 Å². The van der Waals surface area contributed by atoms with E-state index in [0.717, 1.165) is 0 Å². The third-order valence-corrected chi connectivity index (χ3v) is 2.09. The van der Waals surface area contributed by atoms with Gasteiger partial charge in [0.15, 0.2) is 0 Å². The lowest BCUT2D eigenvalue weighted by molar-refractivity contribution is -0.142. The summed E-state index contributed by atoms with van der Waals surface area (Å²) in [7, 11) is 0. The maximum atomic E-state index is 12.8. The van der Waals surface area contributed by atoms with Crippen LogP contribution in [0.3, 0.4) is 0 Å². The van der Waals surface area contributed by atoms with Gasteiger partial charge in [-0.15, -0.1) is 0 Å². The van der Waals surface area contributed by atoms with E-state index in [1.165, 1.54) is 6.92 Å². The highest BCUT2D eigenvalue weighted by Gasteiger charge is 2.36. The molecule has 1 nitrogen and oxygen atoms in total. The van der Waals surface area contributed by atoms with Crippen molar-refractivity contribution >= 4 is 0 Å². The van der Waals surface area contributed by atoms with E-state index in [4.69, 9.17) is 5.11 Å². The zero-order valence-electron chi connectivity index (χ0n) is 7.40. The van der Waals surface area contributed by atoms with E-state index in [0.29, 0.717) is 0 Å². The molecule has 0 rings (SSSR count). The van der Waals surface area contributed by atoms with Gasteiger partial charge in [0.25, 0.3) is 0 Å². The Bertz CT molecular complexity index is 93.4. The van der Waals surface area contributed by atoms with Crippen molar-refractivity contribution in [3.63, 3.8) is 0 Å². The van der Waals surface area contributed by atoms with Crippen LogP contribution in [0.5, 0.6) is 0 Å². The Morgan fingerprint density at radius 3 is 1.50 bits per heavy atom. The second-order valence-corrected chi connectivity index (χ2v) is 4.11. The standard InChI is InChI=1S/C8H17FO/c1-6(7(2,3)4)8(5,9)10/h6,10H,1-5H3/t6-,8-/m0/s1. The highest BCUT2D eigenvalue weighted by Crippen LogP contribution is 2.34. The van der Waals surface area contributed by atoms with Gasteiger partial charge in [-0.25, -0.2) is 4.39 Å². The van der Waals surface area contributed by atoms with Crippen LogP contribution in [0, 0.1) is 11.3 Å². The van der Waals surface area contributed by atoms with Crippen molar-refractivity contribution in [2.75, 3.05) is 0 Å². The smallest absolute Gasteiger partial charge is 0.206 e. The predicted octanol–water partition coefficient (Wildman–Crippen LogP) is 2.35. The zero-order chi connectivity index (χ0) is 8.58. The van der Waals surface area contributed by atoms with Crippen molar-refractivity contribution in [2.45, 2.75) is 40.5 Å². The molecule has 62 valence electrons. The normalized spacial score (nSPS) is 21.9. The Morgan fingerprint density at radius 1 is 1.20 bits per heavy atom. The minimum atomic E-state index is -2.06. The third-order valence-electron chi connectivity index (χ3n) is 2.09. The molecule has 1 N–H and O–H groups in total. The maximum absolute atomic E-state index is 12.8. The summed E-state index contributed by atoms with van der Waals surface area (Å²) in [5.41, 5.74) is -0.182. The number of rotatable bonds is 1. The first-order valence-corrected chi connectivity index (χ1v) is 3.57. The summed E-state index contributed by atoms with van der Waals surface area (Å²) in [6.07, 6.45) is 0. The van der Waals surface area contributed by atoms with E-state index >= 15 is 0 Å². The summed E-state index contributed by atoms with van der Waals surface area (Å²) in [5, 5.41) is 8.96. The molecule has 0 spiro atoms. The Hall–Kier alpha value is -0.110. The lowest BCUT2D eigenvalue weighted by Gasteiger charge is -2.33. The fourth-order valence-corrected chi connectivity index (χ4v) is 0.790. The predicted molar refractivity (Wildman–Crippen MR) is 40.4 cm³/mol. The molecule has 0 unspecified atom stereocenters. The Balaban J connectivity index is 4.23. The van der Waals surface area contributed by atoms with E-state index < -0.39 is 5.85 Å². The Labute approximate surface area is 62.3 Å². The van der Waals surface area contributed by atoms with Gasteiger partial charge in [0, 0.05) is 5.92 Å². The monoisotopic (exact) mass is 148 g/mol. The molecule has 0 aliphatic heterocycles. The van der Waals surface area contributed by atoms with Gasteiger partial charge < -0.3 is 5.11 Å². The van der Waals surface area contributed by atoms with E-state index in [2.05, 4.69) is 0 Å². The van der Waals surface area contributed by atoms with Crippen LogP contribution >= 0.6 is 0 Å². The van der Waals surface area contributed by atoms with Crippen LogP contribution in [0.1, 0.15) is 34.6 Å². The molecule has 0 radical (unpaired) electrons. The van der Waals surface area contributed by atoms with Gasteiger partial charge in [0.05, 0.1) is 0 Å². The molecular formula is C8H17FO. The summed E-state index contributed by atoms with van der Waals surface area (Å²) in [5.74, 6) is -2.40. The summed E-state index contributed by atoms with van der Waals surface area (Å²) in [6, 6.07) is 0. The summed E-state index contributed by atoms with van der Waals surface area (Å²) < 4.78 is 12.8. The SMILES string of the molecule is C[C@@H](C(C)(C)C)[C@](C)(O)F.